The minimum Gasteiger partial charge on any atom is -0.312 e. The molecule has 3 heteroatoms. The number of benzene rings is 1. The van der Waals surface area contributed by atoms with E-state index in [1.807, 2.05) is 12.1 Å². The molecule has 3 unspecified atom stereocenters. The molecule has 1 saturated carbocycles. The van der Waals surface area contributed by atoms with E-state index in [0.29, 0.717) is 18.8 Å². The summed E-state index contributed by atoms with van der Waals surface area (Å²) in [5.41, 5.74) is 3.84. The predicted molar refractivity (Wildman–Crippen MR) is 109 cm³/mol. The van der Waals surface area contributed by atoms with E-state index in [9.17, 15) is 8.78 Å². The fourth-order valence-electron chi connectivity index (χ4n) is 5.49. The Hall–Kier alpha value is -1.22. The topological polar surface area (TPSA) is 9.23 Å². The van der Waals surface area contributed by atoms with E-state index in [-0.39, 0.29) is 0 Å². The third-order valence-corrected chi connectivity index (χ3v) is 7.63. The van der Waals surface area contributed by atoms with Gasteiger partial charge in [0, 0.05) is 5.92 Å². The highest BCUT2D eigenvalue weighted by Crippen LogP contribution is 2.44. The fourth-order valence-corrected chi connectivity index (χ4v) is 5.49. The van der Waals surface area contributed by atoms with Crippen LogP contribution in [0.1, 0.15) is 94.8 Å². The van der Waals surface area contributed by atoms with E-state index in [1.54, 1.807) is 12.5 Å². The summed E-state index contributed by atoms with van der Waals surface area (Å²) in [6, 6.07) is 8.36. The second-order valence-electron chi connectivity index (χ2n) is 9.51. The van der Waals surface area contributed by atoms with Crippen molar-refractivity contribution >= 4 is 0 Å². The molecule has 1 aliphatic heterocycles. The summed E-state index contributed by atoms with van der Waals surface area (Å²) >= 11 is 0. The molecule has 1 nitrogen and oxygen atoms in total. The molecule has 2 fully saturated rings. The van der Waals surface area contributed by atoms with Crippen molar-refractivity contribution in [3.05, 3.63) is 47.0 Å². The molecular formula is C25H34F2O. The largest absolute Gasteiger partial charge is 0.358 e. The van der Waals surface area contributed by atoms with Gasteiger partial charge in [0.1, 0.15) is 0 Å². The van der Waals surface area contributed by atoms with Gasteiger partial charge in [-0.25, -0.2) is 0 Å². The Morgan fingerprint density at radius 3 is 2.14 bits per heavy atom. The van der Waals surface area contributed by atoms with Crippen LogP contribution in [-0.4, -0.2) is 6.11 Å². The van der Waals surface area contributed by atoms with Crippen LogP contribution in [0, 0.1) is 17.8 Å². The first-order chi connectivity index (χ1) is 13.4. The van der Waals surface area contributed by atoms with Crippen LogP contribution in [0.5, 0.6) is 0 Å². The second-order valence-corrected chi connectivity index (χ2v) is 9.51. The molecule has 1 heterocycles. The molecule has 0 aromatic heterocycles. The van der Waals surface area contributed by atoms with Gasteiger partial charge in [-0.05, 0) is 93.6 Å². The third kappa shape index (κ3) is 4.35. The molecule has 4 rings (SSSR count). The molecule has 1 aromatic carbocycles. The van der Waals surface area contributed by atoms with Gasteiger partial charge >= 0.3 is 6.11 Å². The zero-order valence-corrected chi connectivity index (χ0v) is 17.3. The summed E-state index contributed by atoms with van der Waals surface area (Å²) in [5, 5.41) is 0. The normalized spacial score (nSPS) is 36.0. The van der Waals surface area contributed by atoms with Gasteiger partial charge in [0.15, 0.2) is 0 Å². The highest BCUT2D eigenvalue weighted by molar-refractivity contribution is 5.27. The van der Waals surface area contributed by atoms with Crippen molar-refractivity contribution in [3.63, 3.8) is 0 Å². The highest BCUT2D eigenvalue weighted by atomic mass is 19.3. The molecule has 28 heavy (non-hydrogen) atoms. The molecule has 1 saturated heterocycles. The summed E-state index contributed by atoms with van der Waals surface area (Å²) in [6.45, 7) is 3.83. The number of hydrogen-bond acceptors (Lipinski definition) is 1. The number of halogens is 2. The first-order valence-electron chi connectivity index (χ1n) is 11.2. The van der Waals surface area contributed by atoms with Gasteiger partial charge < -0.3 is 4.74 Å². The van der Waals surface area contributed by atoms with Gasteiger partial charge in [-0.3, -0.25) is 0 Å². The Morgan fingerprint density at radius 2 is 1.54 bits per heavy atom. The molecule has 1 aromatic rings. The molecule has 2 aliphatic carbocycles. The van der Waals surface area contributed by atoms with Crippen molar-refractivity contribution in [3.8, 4) is 0 Å². The lowest BCUT2D eigenvalue weighted by molar-refractivity contribution is -0.313. The van der Waals surface area contributed by atoms with E-state index in [0.717, 1.165) is 17.4 Å². The number of ether oxygens (including phenoxy) is 1. The van der Waals surface area contributed by atoms with E-state index >= 15 is 0 Å². The average Bonchev–Trinajstić information content (AvgIpc) is 2.71. The van der Waals surface area contributed by atoms with Crippen LogP contribution >= 0.6 is 0 Å². The molecular weight excluding hydrogens is 354 g/mol. The summed E-state index contributed by atoms with van der Waals surface area (Å²) in [4.78, 5) is 0. The van der Waals surface area contributed by atoms with Crippen LogP contribution in [0.2, 0.25) is 0 Å². The average molecular weight is 389 g/mol. The van der Waals surface area contributed by atoms with Crippen LogP contribution in [0.25, 0.3) is 0 Å². The highest BCUT2D eigenvalue weighted by Gasteiger charge is 2.44. The Bertz CT molecular complexity index is 685. The number of alkyl halides is 2. The van der Waals surface area contributed by atoms with Crippen LogP contribution in [0.15, 0.2) is 35.9 Å². The van der Waals surface area contributed by atoms with Crippen molar-refractivity contribution < 1.29 is 13.5 Å². The second kappa shape index (κ2) is 8.26. The standard InChI is InChI=1S/C25H34F2O/c1-17-3-6-19(7-4-17)20-8-10-21(11-9-20)22-12-14-23(15-13-22)24-16-5-18(2)25(26,27)28-24/h3,12-15,18-21,24H,4-11,16H2,1-2H3. The summed E-state index contributed by atoms with van der Waals surface area (Å²) in [6.07, 6.45) is 9.29. The maximum atomic E-state index is 13.9. The predicted octanol–water partition coefficient (Wildman–Crippen LogP) is 7.79. The molecule has 0 bridgehead atoms. The van der Waals surface area contributed by atoms with E-state index in [1.165, 1.54) is 50.5 Å². The van der Waals surface area contributed by atoms with Crippen LogP contribution in [0.4, 0.5) is 8.78 Å². The van der Waals surface area contributed by atoms with Crippen LogP contribution < -0.4 is 0 Å². The molecule has 3 aliphatic rings. The number of hydrogen-bond donors (Lipinski definition) is 0. The fraction of sp³-hybridized carbons (Fsp3) is 0.680. The van der Waals surface area contributed by atoms with Gasteiger partial charge in [-0.1, -0.05) is 42.8 Å². The van der Waals surface area contributed by atoms with E-state index in [4.69, 9.17) is 4.74 Å². The number of rotatable bonds is 3. The minimum absolute atomic E-state index is 0.473. The van der Waals surface area contributed by atoms with Crippen LogP contribution in [0.3, 0.4) is 0 Å². The lowest BCUT2D eigenvalue weighted by Gasteiger charge is -2.36. The Kier molecular flexibility index (Phi) is 5.92. The molecule has 0 N–H and O–H groups in total. The first kappa shape index (κ1) is 20.1. The van der Waals surface area contributed by atoms with Crippen molar-refractivity contribution in [1.29, 1.82) is 0 Å². The van der Waals surface area contributed by atoms with Crippen molar-refractivity contribution in [2.75, 3.05) is 0 Å². The monoisotopic (exact) mass is 388 g/mol. The lowest BCUT2D eigenvalue weighted by Crippen LogP contribution is -2.36. The molecule has 3 atom stereocenters. The van der Waals surface area contributed by atoms with Gasteiger partial charge in [-0.2, -0.15) is 8.78 Å². The van der Waals surface area contributed by atoms with Gasteiger partial charge in [-0.15, -0.1) is 0 Å². The molecule has 154 valence electrons. The summed E-state index contributed by atoms with van der Waals surface area (Å²) in [5.74, 6) is 1.71. The number of allylic oxidation sites excluding steroid dienone is 2. The SMILES string of the molecule is CC1=CCC(C2CCC(c3ccc(C4CCC(C)C(F)(F)O4)cc3)CC2)CC1. The lowest BCUT2D eigenvalue weighted by atomic mass is 9.70. The summed E-state index contributed by atoms with van der Waals surface area (Å²) in [7, 11) is 0. The van der Waals surface area contributed by atoms with Crippen molar-refractivity contribution in [2.45, 2.75) is 89.8 Å². The maximum Gasteiger partial charge on any atom is 0.358 e. The smallest absolute Gasteiger partial charge is 0.312 e. The zero-order chi connectivity index (χ0) is 19.7. The van der Waals surface area contributed by atoms with Crippen molar-refractivity contribution in [1.82, 2.24) is 0 Å². The van der Waals surface area contributed by atoms with Crippen molar-refractivity contribution in [2.24, 2.45) is 17.8 Å². The summed E-state index contributed by atoms with van der Waals surface area (Å²) < 4.78 is 32.9. The molecule has 0 radical (unpaired) electrons. The molecule has 0 amide bonds. The van der Waals surface area contributed by atoms with Crippen LogP contribution in [-0.2, 0) is 4.74 Å². The quantitative estimate of drug-likeness (QED) is 0.480. The third-order valence-electron chi connectivity index (χ3n) is 7.63. The first-order valence-corrected chi connectivity index (χ1v) is 11.2. The van der Waals surface area contributed by atoms with Gasteiger partial charge in [0.05, 0.1) is 6.10 Å². The molecule has 0 spiro atoms. The van der Waals surface area contributed by atoms with E-state index < -0.39 is 18.1 Å². The van der Waals surface area contributed by atoms with Gasteiger partial charge in [0.2, 0.25) is 0 Å². The zero-order valence-electron chi connectivity index (χ0n) is 17.3. The van der Waals surface area contributed by atoms with E-state index in [2.05, 4.69) is 25.1 Å². The van der Waals surface area contributed by atoms with Gasteiger partial charge in [0.25, 0.3) is 0 Å². The Labute approximate surface area is 168 Å². The Balaban J connectivity index is 1.33. The Morgan fingerprint density at radius 1 is 0.857 bits per heavy atom. The minimum atomic E-state index is -3.01. The maximum absolute atomic E-state index is 13.9.